The Morgan fingerprint density at radius 1 is 0.364 bits per heavy atom. The molecule has 55 heavy (non-hydrogen) atoms. The number of para-hydroxylation sites is 4. The van der Waals surface area contributed by atoms with Crippen molar-refractivity contribution in [3.8, 4) is 27.9 Å². The summed E-state index contributed by atoms with van der Waals surface area (Å²) in [4.78, 5) is 2.40. The molecule has 11 aromatic rings. The monoisotopic (exact) mass is 702 g/mol. The summed E-state index contributed by atoms with van der Waals surface area (Å²) in [6, 6.07) is 74.1. The van der Waals surface area contributed by atoms with E-state index in [1.807, 2.05) is 12.1 Å². The van der Waals surface area contributed by atoms with Gasteiger partial charge in [-0.1, -0.05) is 140 Å². The highest BCUT2D eigenvalue weighted by atomic mass is 16.3. The average Bonchev–Trinajstić information content (AvgIpc) is 3.80. The van der Waals surface area contributed by atoms with Gasteiger partial charge in [-0.3, -0.25) is 0 Å². The molecular formula is C52H34N2O. The fourth-order valence-corrected chi connectivity index (χ4v) is 8.47. The normalized spacial score (nSPS) is 11.6. The SMILES string of the molecule is c1cc(N(c2ccc(-c3cccc4ccccc34)cc2)c2ccccc2-c2ccc3oc4ccccc4c3c2)cc(-n2c3ccccc3c3ccccc32)c1. The largest absolute Gasteiger partial charge is 0.456 e. The molecule has 2 heterocycles. The van der Waals surface area contributed by atoms with Crippen molar-refractivity contribution < 1.29 is 4.42 Å². The molecule has 0 amide bonds. The lowest BCUT2D eigenvalue weighted by molar-refractivity contribution is 0.669. The zero-order valence-electron chi connectivity index (χ0n) is 29.9. The number of fused-ring (bicyclic) bond motifs is 7. The van der Waals surface area contributed by atoms with Crippen molar-refractivity contribution in [2.75, 3.05) is 4.90 Å². The molecule has 3 nitrogen and oxygen atoms in total. The van der Waals surface area contributed by atoms with Gasteiger partial charge in [-0.15, -0.1) is 0 Å². The van der Waals surface area contributed by atoms with Crippen LogP contribution in [0.5, 0.6) is 0 Å². The Kier molecular flexibility index (Phi) is 7.17. The predicted molar refractivity (Wildman–Crippen MR) is 231 cm³/mol. The van der Waals surface area contributed by atoms with E-state index in [0.29, 0.717) is 0 Å². The molecule has 0 aliphatic rings. The van der Waals surface area contributed by atoms with Crippen LogP contribution in [0.1, 0.15) is 0 Å². The van der Waals surface area contributed by atoms with Gasteiger partial charge in [0.1, 0.15) is 11.2 Å². The molecule has 0 radical (unpaired) electrons. The lowest BCUT2D eigenvalue weighted by atomic mass is 9.97. The summed E-state index contributed by atoms with van der Waals surface area (Å²) in [5.74, 6) is 0. The Balaban J connectivity index is 1.11. The standard InChI is InChI=1S/C52H34N2O/c1-2-17-41-35(13-1)14-11-22-42(41)36-27-30-38(31-28-36)53(39-15-12-16-40(34-39)54-49-24-8-4-19-44(49)45-20-5-9-25-50(45)54)48-23-7-3-18-43(48)37-29-32-52-47(33-37)46-21-6-10-26-51(46)55-52/h1-34H. The maximum atomic E-state index is 6.23. The number of benzene rings is 9. The summed E-state index contributed by atoms with van der Waals surface area (Å²) in [6.45, 7) is 0. The molecule has 3 heteroatoms. The highest BCUT2D eigenvalue weighted by molar-refractivity contribution is 6.10. The number of anilines is 3. The Hall–Kier alpha value is -7.36. The zero-order valence-corrected chi connectivity index (χ0v) is 29.9. The van der Waals surface area contributed by atoms with Crippen molar-refractivity contribution in [1.82, 2.24) is 4.57 Å². The van der Waals surface area contributed by atoms with Crippen molar-refractivity contribution in [2.45, 2.75) is 0 Å². The van der Waals surface area contributed by atoms with Gasteiger partial charge >= 0.3 is 0 Å². The number of rotatable bonds is 6. The van der Waals surface area contributed by atoms with Gasteiger partial charge in [0.05, 0.1) is 16.7 Å². The Morgan fingerprint density at radius 2 is 0.964 bits per heavy atom. The fraction of sp³-hybridized carbons (Fsp3) is 0. The molecule has 0 fully saturated rings. The molecule has 0 saturated carbocycles. The van der Waals surface area contributed by atoms with Gasteiger partial charge in [0, 0.05) is 44.2 Å². The van der Waals surface area contributed by atoms with Crippen LogP contribution >= 0.6 is 0 Å². The topological polar surface area (TPSA) is 21.3 Å². The van der Waals surface area contributed by atoms with Crippen LogP contribution in [0.25, 0.3) is 82.5 Å². The quantitative estimate of drug-likeness (QED) is 0.172. The molecule has 9 aromatic carbocycles. The molecule has 0 spiro atoms. The molecule has 0 N–H and O–H groups in total. The minimum absolute atomic E-state index is 0.891. The fourth-order valence-electron chi connectivity index (χ4n) is 8.47. The van der Waals surface area contributed by atoms with E-state index >= 15 is 0 Å². The van der Waals surface area contributed by atoms with Crippen molar-refractivity contribution in [3.05, 3.63) is 206 Å². The van der Waals surface area contributed by atoms with Gasteiger partial charge in [-0.2, -0.15) is 0 Å². The summed E-state index contributed by atoms with van der Waals surface area (Å²) in [5.41, 5.74) is 13.2. The van der Waals surface area contributed by atoms with Crippen LogP contribution in [0.15, 0.2) is 211 Å². The molecule has 258 valence electrons. The summed E-state index contributed by atoms with van der Waals surface area (Å²) < 4.78 is 8.62. The van der Waals surface area contributed by atoms with Crippen LogP contribution in [0, 0.1) is 0 Å². The first kappa shape index (κ1) is 31.2. The summed E-state index contributed by atoms with van der Waals surface area (Å²) in [6.07, 6.45) is 0. The van der Waals surface area contributed by atoms with Crippen LogP contribution in [0.2, 0.25) is 0 Å². The third-order valence-electron chi connectivity index (χ3n) is 11.0. The number of aromatic nitrogens is 1. The van der Waals surface area contributed by atoms with Gasteiger partial charge in [-0.25, -0.2) is 0 Å². The van der Waals surface area contributed by atoms with E-state index in [9.17, 15) is 0 Å². The Labute approximate surface area is 318 Å². The van der Waals surface area contributed by atoms with Gasteiger partial charge in [0.25, 0.3) is 0 Å². The Bertz CT molecular complexity index is 3160. The van der Waals surface area contributed by atoms with Gasteiger partial charge < -0.3 is 13.9 Å². The van der Waals surface area contributed by atoms with E-state index in [-0.39, 0.29) is 0 Å². The molecular weight excluding hydrogens is 669 g/mol. The second-order valence-corrected chi connectivity index (χ2v) is 14.1. The van der Waals surface area contributed by atoms with Crippen molar-refractivity contribution >= 4 is 71.6 Å². The van der Waals surface area contributed by atoms with E-state index in [4.69, 9.17) is 4.42 Å². The molecule has 0 saturated heterocycles. The maximum absolute atomic E-state index is 6.23. The first-order chi connectivity index (χ1) is 27.3. The Morgan fingerprint density at radius 3 is 1.78 bits per heavy atom. The first-order valence-corrected chi connectivity index (χ1v) is 18.8. The molecule has 0 aliphatic heterocycles. The molecule has 0 aliphatic carbocycles. The second kappa shape index (κ2) is 12.6. The first-order valence-electron chi connectivity index (χ1n) is 18.8. The zero-order chi connectivity index (χ0) is 36.3. The molecule has 2 aromatic heterocycles. The van der Waals surface area contributed by atoms with Crippen LogP contribution in [-0.4, -0.2) is 4.57 Å². The second-order valence-electron chi connectivity index (χ2n) is 14.1. The molecule has 0 atom stereocenters. The van der Waals surface area contributed by atoms with Crippen molar-refractivity contribution in [2.24, 2.45) is 0 Å². The lowest BCUT2D eigenvalue weighted by Crippen LogP contribution is -2.11. The molecule has 11 rings (SSSR count). The maximum Gasteiger partial charge on any atom is 0.135 e. The van der Waals surface area contributed by atoms with Gasteiger partial charge in [-0.05, 0) is 94.2 Å². The van der Waals surface area contributed by atoms with E-state index in [1.54, 1.807) is 0 Å². The molecule has 0 bridgehead atoms. The highest BCUT2D eigenvalue weighted by Crippen LogP contribution is 2.44. The van der Waals surface area contributed by atoms with E-state index in [0.717, 1.165) is 55.8 Å². The van der Waals surface area contributed by atoms with E-state index in [2.05, 4.69) is 204 Å². The third kappa shape index (κ3) is 5.13. The molecule has 0 unspecified atom stereocenters. The van der Waals surface area contributed by atoms with Crippen molar-refractivity contribution in [3.63, 3.8) is 0 Å². The number of furan rings is 1. The summed E-state index contributed by atoms with van der Waals surface area (Å²) in [5, 5.41) is 7.22. The number of hydrogen-bond donors (Lipinski definition) is 0. The van der Waals surface area contributed by atoms with Crippen LogP contribution in [0.4, 0.5) is 17.1 Å². The van der Waals surface area contributed by atoms with Crippen LogP contribution in [-0.2, 0) is 0 Å². The number of hydrogen-bond acceptors (Lipinski definition) is 2. The van der Waals surface area contributed by atoms with Crippen LogP contribution in [0.3, 0.4) is 0 Å². The lowest BCUT2D eigenvalue weighted by Gasteiger charge is -2.28. The third-order valence-corrected chi connectivity index (χ3v) is 11.0. The van der Waals surface area contributed by atoms with E-state index in [1.165, 1.54) is 43.7 Å². The predicted octanol–water partition coefficient (Wildman–Crippen LogP) is 14.6. The minimum atomic E-state index is 0.891. The summed E-state index contributed by atoms with van der Waals surface area (Å²) in [7, 11) is 0. The number of nitrogens with zero attached hydrogens (tertiary/aromatic N) is 2. The highest BCUT2D eigenvalue weighted by Gasteiger charge is 2.20. The minimum Gasteiger partial charge on any atom is -0.456 e. The van der Waals surface area contributed by atoms with Gasteiger partial charge in [0.15, 0.2) is 0 Å². The summed E-state index contributed by atoms with van der Waals surface area (Å²) >= 11 is 0. The van der Waals surface area contributed by atoms with E-state index < -0.39 is 0 Å². The smallest absolute Gasteiger partial charge is 0.135 e. The average molecular weight is 703 g/mol. The van der Waals surface area contributed by atoms with Gasteiger partial charge in [0.2, 0.25) is 0 Å². The van der Waals surface area contributed by atoms with Crippen LogP contribution < -0.4 is 4.90 Å². The van der Waals surface area contributed by atoms with Crippen molar-refractivity contribution in [1.29, 1.82) is 0 Å².